The van der Waals surface area contributed by atoms with E-state index in [0.29, 0.717) is 5.01 Å². The Morgan fingerprint density at radius 2 is 2.38 bits per heavy atom. The van der Waals surface area contributed by atoms with Gasteiger partial charge in [0, 0.05) is 17.6 Å². The molecule has 1 atom stereocenters. The lowest BCUT2D eigenvalue weighted by Gasteiger charge is -2.06. The quantitative estimate of drug-likeness (QED) is 0.776. The number of aliphatic hydroxyl groups is 1. The van der Waals surface area contributed by atoms with Crippen molar-refractivity contribution in [2.75, 3.05) is 21.2 Å². The van der Waals surface area contributed by atoms with Crippen LogP contribution in [0.1, 0.15) is 22.4 Å². The number of carbonyl (C=O) groups is 1. The SMILES string of the molecule is COC(=O)C[C@H](O)c1ncc(CN(C)C)s1. The molecule has 1 heterocycles. The third kappa shape index (κ3) is 3.88. The fourth-order valence-corrected chi connectivity index (χ4v) is 2.21. The van der Waals surface area contributed by atoms with Gasteiger partial charge in [-0.25, -0.2) is 4.98 Å². The summed E-state index contributed by atoms with van der Waals surface area (Å²) in [5.74, 6) is -0.433. The Labute approximate surface area is 98.7 Å². The normalized spacial score (nSPS) is 12.8. The maximum atomic E-state index is 11.0. The largest absolute Gasteiger partial charge is 0.469 e. The first-order chi connectivity index (χ1) is 7.52. The van der Waals surface area contributed by atoms with Gasteiger partial charge in [-0.2, -0.15) is 0 Å². The minimum atomic E-state index is -0.867. The lowest BCUT2D eigenvalue weighted by Crippen LogP contribution is -2.09. The molecule has 0 aliphatic rings. The van der Waals surface area contributed by atoms with E-state index in [1.807, 2.05) is 19.0 Å². The molecule has 0 unspecified atom stereocenters. The lowest BCUT2D eigenvalue weighted by atomic mass is 10.3. The van der Waals surface area contributed by atoms with Crippen molar-refractivity contribution in [2.24, 2.45) is 0 Å². The molecule has 0 aliphatic heterocycles. The van der Waals surface area contributed by atoms with Crippen molar-refractivity contribution in [2.45, 2.75) is 19.1 Å². The molecule has 0 amide bonds. The van der Waals surface area contributed by atoms with Gasteiger partial charge in [0.05, 0.1) is 13.5 Å². The highest BCUT2D eigenvalue weighted by atomic mass is 32.1. The number of nitrogens with zero attached hydrogens (tertiary/aromatic N) is 2. The number of hydrogen-bond donors (Lipinski definition) is 1. The molecule has 6 heteroatoms. The standard InChI is InChI=1S/C10H16N2O3S/c1-12(2)6-7-5-11-10(16-7)8(13)4-9(14)15-3/h5,8,13H,4,6H2,1-3H3/t8-/m0/s1. The Balaban J connectivity index is 2.59. The van der Waals surface area contributed by atoms with E-state index in [4.69, 9.17) is 0 Å². The van der Waals surface area contributed by atoms with Crippen LogP contribution in [0.25, 0.3) is 0 Å². The summed E-state index contributed by atoms with van der Waals surface area (Å²) in [6.07, 6.45) is 0.805. The van der Waals surface area contributed by atoms with Crippen molar-refractivity contribution in [1.29, 1.82) is 0 Å². The highest BCUT2D eigenvalue weighted by molar-refractivity contribution is 7.11. The molecule has 1 aromatic rings. The number of thiazole rings is 1. The minimum Gasteiger partial charge on any atom is -0.469 e. The molecule has 90 valence electrons. The predicted molar refractivity (Wildman–Crippen MR) is 61.1 cm³/mol. The molecule has 0 fully saturated rings. The maximum Gasteiger partial charge on any atom is 0.308 e. The van der Waals surface area contributed by atoms with Crippen molar-refractivity contribution in [3.63, 3.8) is 0 Å². The van der Waals surface area contributed by atoms with Crippen LogP contribution in [0.4, 0.5) is 0 Å². The van der Waals surface area contributed by atoms with Gasteiger partial charge in [0.15, 0.2) is 0 Å². The molecule has 0 saturated carbocycles. The molecule has 0 radical (unpaired) electrons. The molecular weight excluding hydrogens is 228 g/mol. The van der Waals surface area contributed by atoms with E-state index in [-0.39, 0.29) is 6.42 Å². The number of esters is 1. The van der Waals surface area contributed by atoms with E-state index in [9.17, 15) is 9.90 Å². The number of hydrogen-bond acceptors (Lipinski definition) is 6. The van der Waals surface area contributed by atoms with Gasteiger partial charge in [-0.1, -0.05) is 0 Å². The van der Waals surface area contributed by atoms with Crippen molar-refractivity contribution in [1.82, 2.24) is 9.88 Å². The zero-order chi connectivity index (χ0) is 12.1. The lowest BCUT2D eigenvalue weighted by molar-refractivity contribution is -0.142. The van der Waals surface area contributed by atoms with Crippen LogP contribution in [0.2, 0.25) is 0 Å². The van der Waals surface area contributed by atoms with Gasteiger partial charge in [-0.15, -0.1) is 11.3 Å². The molecule has 0 saturated heterocycles. The summed E-state index contributed by atoms with van der Waals surface area (Å²) in [6.45, 7) is 0.780. The van der Waals surface area contributed by atoms with Crippen molar-refractivity contribution >= 4 is 17.3 Å². The summed E-state index contributed by atoms with van der Waals surface area (Å²) >= 11 is 1.41. The fraction of sp³-hybridized carbons (Fsp3) is 0.600. The fourth-order valence-electron chi connectivity index (χ4n) is 1.19. The van der Waals surface area contributed by atoms with E-state index < -0.39 is 12.1 Å². The van der Waals surface area contributed by atoms with Crippen LogP contribution in [-0.2, 0) is 16.1 Å². The van der Waals surface area contributed by atoms with Gasteiger partial charge < -0.3 is 14.7 Å². The van der Waals surface area contributed by atoms with Crippen LogP contribution in [0.15, 0.2) is 6.20 Å². The zero-order valence-corrected chi connectivity index (χ0v) is 10.5. The summed E-state index contributed by atoms with van der Waals surface area (Å²) in [7, 11) is 5.23. The van der Waals surface area contributed by atoms with Gasteiger partial charge in [0.1, 0.15) is 11.1 Å². The van der Waals surface area contributed by atoms with Crippen LogP contribution < -0.4 is 0 Å². The monoisotopic (exact) mass is 244 g/mol. The molecule has 5 nitrogen and oxygen atoms in total. The maximum absolute atomic E-state index is 11.0. The molecule has 1 N–H and O–H groups in total. The van der Waals surface area contributed by atoms with Crippen molar-refractivity contribution in [3.05, 3.63) is 16.1 Å². The van der Waals surface area contributed by atoms with Crippen LogP contribution in [-0.4, -0.2) is 42.2 Å². The number of methoxy groups -OCH3 is 1. The Bertz CT molecular complexity index is 352. The van der Waals surface area contributed by atoms with Gasteiger partial charge in [-0.05, 0) is 14.1 Å². The van der Waals surface area contributed by atoms with Gasteiger partial charge in [0.25, 0.3) is 0 Å². The van der Waals surface area contributed by atoms with Crippen LogP contribution in [0, 0.1) is 0 Å². The second-order valence-electron chi connectivity index (χ2n) is 3.70. The smallest absolute Gasteiger partial charge is 0.308 e. The average molecular weight is 244 g/mol. The molecule has 16 heavy (non-hydrogen) atoms. The number of rotatable bonds is 5. The van der Waals surface area contributed by atoms with Gasteiger partial charge in [-0.3, -0.25) is 4.79 Å². The first-order valence-electron chi connectivity index (χ1n) is 4.87. The Hall–Kier alpha value is -0.980. The molecule has 0 aromatic carbocycles. The topological polar surface area (TPSA) is 62.7 Å². The number of ether oxygens (including phenoxy) is 1. The molecule has 0 spiro atoms. The summed E-state index contributed by atoms with van der Waals surface area (Å²) in [5, 5.41) is 10.3. The number of aliphatic hydroxyl groups excluding tert-OH is 1. The molecule has 1 aromatic heterocycles. The molecule has 0 bridgehead atoms. The average Bonchev–Trinajstić information content (AvgIpc) is 2.65. The predicted octanol–water partition coefficient (Wildman–Crippen LogP) is 0.801. The van der Waals surface area contributed by atoms with Crippen LogP contribution in [0.3, 0.4) is 0 Å². The number of aromatic nitrogens is 1. The van der Waals surface area contributed by atoms with Crippen LogP contribution in [0.5, 0.6) is 0 Å². The van der Waals surface area contributed by atoms with E-state index in [0.717, 1.165) is 11.4 Å². The third-order valence-electron chi connectivity index (χ3n) is 1.92. The Morgan fingerprint density at radius 3 is 2.94 bits per heavy atom. The van der Waals surface area contributed by atoms with E-state index >= 15 is 0 Å². The first kappa shape index (κ1) is 13.1. The van der Waals surface area contributed by atoms with E-state index in [1.165, 1.54) is 18.4 Å². The highest BCUT2D eigenvalue weighted by Gasteiger charge is 2.16. The van der Waals surface area contributed by atoms with Crippen molar-refractivity contribution in [3.8, 4) is 0 Å². The molecule has 1 rings (SSSR count). The van der Waals surface area contributed by atoms with Crippen LogP contribution >= 0.6 is 11.3 Å². The van der Waals surface area contributed by atoms with E-state index in [1.54, 1.807) is 6.20 Å². The summed E-state index contributed by atoms with van der Waals surface area (Å²) in [5.41, 5.74) is 0. The number of carbonyl (C=O) groups excluding carboxylic acids is 1. The first-order valence-corrected chi connectivity index (χ1v) is 5.68. The Morgan fingerprint density at radius 1 is 1.69 bits per heavy atom. The zero-order valence-electron chi connectivity index (χ0n) is 9.64. The third-order valence-corrected chi connectivity index (χ3v) is 3.00. The summed E-state index contributed by atoms with van der Waals surface area (Å²) in [6, 6.07) is 0. The second-order valence-corrected chi connectivity index (χ2v) is 4.85. The van der Waals surface area contributed by atoms with Gasteiger partial charge in [0.2, 0.25) is 0 Å². The molecular formula is C10H16N2O3S. The Kier molecular flexibility index (Phi) is 4.85. The molecule has 0 aliphatic carbocycles. The minimum absolute atomic E-state index is 0.0502. The van der Waals surface area contributed by atoms with Gasteiger partial charge >= 0.3 is 5.97 Å². The second kappa shape index (κ2) is 5.93. The summed E-state index contributed by atoms with van der Waals surface area (Å²) < 4.78 is 4.48. The highest BCUT2D eigenvalue weighted by Crippen LogP contribution is 2.23. The van der Waals surface area contributed by atoms with E-state index in [2.05, 4.69) is 9.72 Å². The van der Waals surface area contributed by atoms with Crippen molar-refractivity contribution < 1.29 is 14.6 Å². The summed E-state index contributed by atoms with van der Waals surface area (Å²) in [4.78, 5) is 18.1.